The number of ether oxygens (including phenoxy) is 1. The van der Waals surface area contributed by atoms with Gasteiger partial charge in [0, 0.05) is 16.7 Å². The molecule has 6 nitrogen and oxygen atoms in total. The summed E-state index contributed by atoms with van der Waals surface area (Å²) in [4.78, 5) is 17.3. The number of aromatic nitrogens is 1. The second kappa shape index (κ2) is 9.00. The Morgan fingerprint density at radius 1 is 1.37 bits per heavy atom. The Bertz CT molecular complexity index is 1050. The lowest BCUT2D eigenvalue weighted by Crippen LogP contribution is -2.25. The van der Waals surface area contributed by atoms with E-state index in [1.54, 1.807) is 11.3 Å². The van der Waals surface area contributed by atoms with Gasteiger partial charge >= 0.3 is 0 Å². The van der Waals surface area contributed by atoms with Crippen molar-refractivity contribution in [3.8, 4) is 17.0 Å². The highest BCUT2D eigenvalue weighted by molar-refractivity contribution is 7.07. The summed E-state index contributed by atoms with van der Waals surface area (Å²) >= 11 is 1.57. The Hall–Kier alpha value is -2.67. The van der Waals surface area contributed by atoms with Gasteiger partial charge in [0.1, 0.15) is 5.75 Å². The van der Waals surface area contributed by atoms with Gasteiger partial charge in [0.2, 0.25) is 4.80 Å². The zero-order chi connectivity index (χ0) is 21.1. The molecule has 0 saturated heterocycles. The van der Waals surface area contributed by atoms with Crippen LogP contribution in [0.2, 0.25) is 0 Å². The number of hydrogen-bond donors (Lipinski definition) is 1. The molecule has 7 heteroatoms. The molecule has 0 bridgehead atoms. The monoisotopic (exact) mass is 424 g/mol. The van der Waals surface area contributed by atoms with E-state index >= 15 is 0 Å². The molecular weight excluding hydrogens is 396 g/mol. The molecule has 158 valence electrons. The van der Waals surface area contributed by atoms with Gasteiger partial charge in [0.15, 0.2) is 6.61 Å². The third kappa shape index (κ3) is 4.56. The normalized spacial score (nSPS) is 19.1. The van der Waals surface area contributed by atoms with Gasteiger partial charge in [0.25, 0.3) is 5.91 Å². The number of carbonyl (C=O) groups excluding carboxylic acids is 1. The predicted octanol–water partition coefficient (Wildman–Crippen LogP) is 4.83. The highest BCUT2D eigenvalue weighted by atomic mass is 32.1. The Morgan fingerprint density at radius 2 is 2.17 bits per heavy atom. The van der Waals surface area contributed by atoms with Gasteiger partial charge in [-0.3, -0.25) is 9.79 Å². The molecule has 0 radical (unpaired) electrons. The first-order chi connectivity index (χ1) is 14.5. The van der Waals surface area contributed by atoms with E-state index in [4.69, 9.17) is 14.8 Å². The number of amides is 1. The summed E-state index contributed by atoms with van der Waals surface area (Å²) in [6, 6.07) is 5.85. The van der Waals surface area contributed by atoms with Crippen LogP contribution in [0.15, 0.2) is 45.8 Å². The molecule has 1 aromatic carbocycles. The molecule has 1 aliphatic carbocycles. The van der Waals surface area contributed by atoms with Crippen molar-refractivity contribution in [1.29, 1.82) is 0 Å². The number of carbonyl (C=O) groups is 1. The first-order valence-electron chi connectivity index (χ1n) is 10.5. The van der Waals surface area contributed by atoms with E-state index in [0.717, 1.165) is 40.4 Å². The molecule has 1 aromatic heterocycles. The van der Waals surface area contributed by atoms with Crippen molar-refractivity contribution >= 4 is 28.6 Å². The smallest absolute Gasteiger partial charge is 0.262 e. The van der Waals surface area contributed by atoms with E-state index in [0.29, 0.717) is 18.0 Å². The Labute approximate surface area is 181 Å². The van der Waals surface area contributed by atoms with Crippen LogP contribution in [0, 0.1) is 5.92 Å². The van der Waals surface area contributed by atoms with Crippen LogP contribution >= 0.6 is 11.3 Å². The minimum absolute atomic E-state index is 0.0567. The second-order valence-corrected chi connectivity index (χ2v) is 8.89. The maximum atomic E-state index is 11.7. The standard InChI is InChI=1S/C23H28N4O2S/c1-4-16-5-8-18(9-6-16)26-27-20(14-30-23(27)24-12-15(2)3)17-7-10-21-19(11-17)25-22(28)13-29-21/h7,10-11,14,16H,2,4-6,8-9,12-13H2,1,3H3,(H,25,28). The molecule has 1 aliphatic heterocycles. The van der Waals surface area contributed by atoms with Crippen molar-refractivity contribution < 1.29 is 9.53 Å². The average Bonchev–Trinajstić information content (AvgIpc) is 3.14. The number of anilines is 1. The maximum Gasteiger partial charge on any atom is 0.262 e. The van der Waals surface area contributed by atoms with Crippen LogP contribution in [-0.4, -0.2) is 29.4 Å². The lowest BCUT2D eigenvalue weighted by Gasteiger charge is -2.22. The summed E-state index contributed by atoms with van der Waals surface area (Å²) in [5, 5.41) is 9.99. The van der Waals surface area contributed by atoms with E-state index < -0.39 is 0 Å². The fourth-order valence-electron chi connectivity index (χ4n) is 3.81. The summed E-state index contributed by atoms with van der Waals surface area (Å²) < 4.78 is 7.46. The number of fused-ring (bicyclic) bond motifs is 1. The predicted molar refractivity (Wildman–Crippen MR) is 122 cm³/mol. The van der Waals surface area contributed by atoms with Crippen LogP contribution in [0.1, 0.15) is 46.0 Å². The second-order valence-electron chi connectivity index (χ2n) is 8.05. The first kappa shape index (κ1) is 20.6. The molecule has 1 saturated carbocycles. The lowest BCUT2D eigenvalue weighted by atomic mass is 9.86. The topological polar surface area (TPSA) is 68.0 Å². The van der Waals surface area contributed by atoms with E-state index in [9.17, 15) is 4.79 Å². The first-order valence-corrected chi connectivity index (χ1v) is 11.4. The Morgan fingerprint density at radius 3 is 2.90 bits per heavy atom. The van der Waals surface area contributed by atoms with E-state index in [-0.39, 0.29) is 12.5 Å². The zero-order valence-electron chi connectivity index (χ0n) is 17.6. The number of hydrogen-bond acceptors (Lipinski definition) is 5. The number of benzene rings is 1. The van der Waals surface area contributed by atoms with Crippen molar-refractivity contribution in [2.75, 3.05) is 18.5 Å². The molecule has 1 fully saturated rings. The third-order valence-electron chi connectivity index (χ3n) is 5.58. The van der Waals surface area contributed by atoms with Gasteiger partial charge in [-0.15, -0.1) is 11.3 Å². The zero-order valence-corrected chi connectivity index (χ0v) is 18.4. The summed E-state index contributed by atoms with van der Waals surface area (Å²) in [5.74, 6) is 1.37. The van der Waals surface area contributed by atoms with Gasteiger partial charge in [-0.2, -0.15) is 5.10 Å². The van der Waals surface area contributed by atoms with Gasteiger partial charge in [-0.25, -0.2) is 4.68 Å². The maximum absolute atomic E-state index is 11.7. The number of nitrogens with zero attached hydrogens (tertiary/aromatic N) is 3. The number of thiazole rings is 1. The minimum atomic E-state index is -0.136. The van der Waals surface area contributed by atoms with Crippen LogP contribution in [0.25, 0.3) is 11.3 Å². The van der Waals surface area contributed by atoms with Crippen molar-refractivity contribution in [3.05, 3.63) is 40.5 Å². The Balaban J connectivity index is 1.73. The van der Waals surface area contributed by atoms with Crippen molar-refractivity contribution in [1.82, 2.24) is 4.68 Å². The molecule has 2 aromatic rings. The van der Waals surface area contributed by atoms with Crippen molar-refractivity contribution in [2.45, 2.75) is 46.0 Å². The molecule has 2 aliphatic rings. The molecule has 1 amide bonds. The fraction of sp³-hybridized carbons (Fsp3) is 0.435. The van der Waals surface area contributed by atoms with Crippen LogP contribution in [-0.2, 0) is 4.79 Å². The quantitative estimate of drug-likeness (QED) is 0.699. The van der Waals surface area contributed by atoms with Gasteiger partial charge < -0.3 is 10.1 Å². The molecule has 0 spiro atoms. The molecule has 0 atom stereocenters. The molecule has 1 N–H and O–H groups in total. The third-order valence-corrected chi connectivity index (χ3v) is 6.43. The molecule has 30 heavy (non-hydrogen) atoms. The van der Waals surface area contributed by atoms with Gasteiger partial charge in [-0.1, -0.05) is 25.5 Å². The van der Waals surface area contributed by atoms with E-state index in [1.807, 2.05) is 29.8 Å². The van der Waals surface area contributed by atoms with Crippen LogP contribution in [0.5, 0.6) is 5.75 Å². The largest absolute Gasteiger partial charge is 0.482 e. The summed E-state index contributed by atoms with van der Waals surface area (Å²) in [6.07, 6.45) is 5.72. The number of rotatable bonds is 5. The van der Waals surface area contributed by atoms with Crippen molar-refractivity contribution in [2.24, 2.45) is 16.0 Å². The molecule has 0 unspecified atom stereocenters. The molecular formula is C23H28N4O2S. The highest BCUT2D eigenvalue weighted by Gasteiger charge is 2.19. The molecule has 4 rings (SSSR count). The van der Waals surface area contributed by atoms with Crippen LogP contribution in [0.4, 0.5) is 5.69 Å². The van der Waals surface area contributed by atoms with Gasteiger partial charge in [0.05, 0.1) is 17.9 Å². The van der Waals surface area contributed by atoms with E-state index in [2.05, 4.69) is 24.2 Å². The minimum Gasteiger partial charge on any atom is -0.482 e. The average molecular weight is 425 g/mol. The Kier molecular flexibility index (Phi) is 6.18. The lowest BCUT2D eigenvalue weighted by molar-refractivity contribution is -0.118. The summed E-state index contributed by atoms with van der Waals surface area (Å²) in [6.45, 7) is 8.85. The van der Waals surface area contributed by atoms with Crippen LogP contribution < -0.4 is 14.9 Å². The SMILES string of the molecule is C=C(C)CN=c1scc(-c2ccc3c(c2)NC(=O)CO3)n1N=C1CCC(CC)CC1. The van der Waals surface area contributed by atoms with Gasteiger partial charge in [-0.05, 0) is 56.7 Å². The fourth-order valence-corrected chi connectivity index (χ4v) is 4.64. The van der Waals surface area contributed by atoms with Crippen LogP contribution in [0.3, 0.4) is 0 Å². The highest BCUT2D eigenvalue weighted by Crippen LogP contribution is 2.33. The number of nitrogens with one attached hydrogen (secondary N) is 1. The van der Waals surface area contributed by atoms with E-state index in [1.165, 1.54) is 25.0 Å². The summed E-state index contributed by atoms with van der Waals surface area (Å²) in [5.41, 5.74) is 4.87. The van der Waals surface area contributed by atoms with Crippen molar-refractivity contribution in [3.63, 3.8) is 0 Å². The molecule has 2 heterocycles. The summed E-state index contributed by atoms with van der Waals surface area (Å²) in [7, 11) is 0.